The zero-order chi connectivity index (χ0) is 13.9. The Bertz CT molecular complexity index is 522. The summed E-state index contributed by atoms with van der Waals surface area (Å²) in [6.07, 6.45) is -0.667. The maximum Gasteiger partial charge on any atom is 0.241 e. The zero-order valence-corrected chi connectivity index (χ0v) is 10.9. The minimum absolute atomic E-state index is 0.0139. The van der Waals surface area contributed by atoms with E-state index in [0.717, 1.165) is 0 Å². The van der Waals surface area contributed by atoms with E-state index in [1.807, 2.05) is 0 Å². The molecule has 2 unspecified atom stereocenters. The standard InChI is InChI=1S/C11H16N2O4S/c1-7(11(12)15)13-18(16,17)10-5-3-9(4-6-10)8(2)14/h3-8,13-14H,1-2H3,(H2,12,15). The molecule has 0 aliphatic rings. The van der Waals surface area contributed by atoms with Crippen LogP contribution in [-0.2, 0) is 14.8 Å². The summed E-state index contributed by atoms with van der Waals surface area (Å²) >= 11 is 0. The number of benzene rings is 1. The highest BCUT2D eigenvalue weighted by atomic mass is 32.2. The highest BCUT2D eigenvalue weighted by Crippen LogP contribution is 2.15. The molecule has 0 aliphatic heterocycles. The Kier molecular flexibility index (Phi) is 4.44. The zero-order valence-electron chi connectivity index (χ0n) is 10.1. The smallest absolute Gasteiger partial charge is 0.241 e. The van der Waals surface area contributed by atoms with Gasteiger partial charge in [-0.25, -0.2) is 8.42 Å². The molecule has 1 rings (SSSR count). The molecule has 0 aliphatic carbocycles. The van der Waals surface area contributed by atoms with Crippen molar-refractivity contribution in [1.29, 1.82) is 0 Å². The van der Waals surface area contributed by atoms with Gasteiger partial charge in [-0.3, -0.25) is 4.79 Å². The van der Waals surface area contributed by atoms with E-state index in [1.165, 1.54) is 31.2 Å². The molecule has 0 bridgehead atoms. The predicted molar refractivity (Wildman–Crippen MR) is 66.1 cm³/mol. The van der Waals surface area contributed by atoms with Gasteiger partial charge in [0, 0.05) is 0 Å². The van der Waals surface area contributed by atoms with Crippen LogP contribution in [0.5, 0.6) is 0 Å². The molecule has 0 saturated heterocycles. The second-order valence-electron chi connectivity index (χ2n) is 3.99. The fourth-order valence-corrected chi connectivity index (χ4v) is 2.50. The molecule has 7 heteroatoms. The maximum atomic E-state index is 11.8. The van der Waals surface area contributed by atoms with E-state index in [9.17, 15) is 18.3 Å². The molecule has 0 saturated carbocycles. The minimum atomic E-state index is -3.78. The van der Waals surface area contributed by atoms with Crippen LogP contribution >= 0.6 is 0 Å². The summed E-state index contributed by atoms with van der Waals surface area (Å²) in [6.45, 7) is 2.95. The van der Waals surface area contributed by atoms with Gasteiger partial charge in [-0.15, -0.1) is 0 Å². The van der Waals surface area contributed by atoms with Crippen molar-refractivity contribution in [3.8, 4) is 0 Å². The van der Waals surface area contributed by atoms with Gasteiger partial charge in [0.05, 0.1) is 17.0 Å². The van der Waals surface area contributed by atoms with E-state index < -0.39 is 28.1 Å². The minimum Gasteiger partial charge on any atom is -0.389 e. The first kappa shape index (κ1) is 14.6. The molecule has 6 nitrogen and oxygen atoms in total. The topological polar surface area (TPSA) is 109 Å². The quantitative estimate of drug-likeness (QED) is 0.694. The van der Waals surface area contributed by atoms with Gasteiger partial charge in [0.25, 0.3) is 0 Å². The van der Waals surface area contributed by atoms with Crippen molar-refractivity contribution in [3.05, 3.63) is 29.8 Å². The fraction of sp³-hybridized carbons (Fsp3) is 0.364. The van der Waals surface area contributed by atoms with Crippen molar-refractivity contribution in [3.63, 3.8) is 0 Å². The molecule has 18 heavy (non-hydrogen) atoms. The summed E-state index contributed by atoms with van der Waals surface area (Å²) in [5.41, 5.74) is 5.59. The number of nitrogens with two attached hydrogens (primary N) is 1. The highest BCUT2D eigenvalue weighted by molar-refractivity contribution is 7.89. The molecule has 2 atom stereocenters. The molecule has 1 aromatic carbocycles. The highest BCUT2D eigenvalue weighted by Gasteiger charge is 2.20. The molecule has 0 radical (unpaired) electrons. The third-order valence-electron chi connectivity index (χ3n) is 2.43. The Balaban J connectivity index is 2.95. The lowest BCUT2D eigenvalue weighted by Gasteiger charge is -2.11. The van der Waals surface area contributed by atoms with Crippen LogP contribution in [0.15, 0.2) is 29.2 Å². The van der Waals surface area contributed by atoms with Crippen molar-refractivity contribution in [2.75, 3.05) is 0 Å². The largest absolute Gasteiger partial charge is 0.389 e. The Morgan fingerprint density at radius 2 is 1.78 bits per heavy atom. The first-order valence-corrected chi connectivity index (χ1v) is 6.82. The lowest BCUT2D eigenvalue weighted by Crippen LogP contribution is -2.42. The van der Waals surface area contributed by atoms with Gasteiger partial charge in [-0.05, 0) is 31.5 Å². The number of aliphatic hydroxyl groups excluding tert-OH is 1. The number of amides is 1. The molecule has 4 N–H and O–H groups in total. The van der Waals surface area contributed by atoms with E-state index in [2.05, 4.69) is 4.72 Å². The van der Waals surface area contributed by atoms with E-state index in [1.54, 1.807) is 6.92 Å². The number of primary amides is 1. The van der Waals surface area contributed by atoms with Crippen molar-refractivity contribution < 1.29 is 18.3 Å². The summed E-state index contributed by atoms with van der Waals surface area (Å²) in [5, 5.41) is 9.31. The van der Waals surface area contributed by atoms with Gasteiger partial charge < -0.3 is 10.8 Å². The summed E-state index contributed by atoms with van der Waals surface area (Å²) in [4.78, 5) is 10.8. The average molecular weight is 272 g/mol. The van der Waals surface area contributed by atoms with Crippen molar-refractivity contribution in [2.45, 2.75) is 30.9 Å². The van der Waals surface area contributed by atoms with Crippen LogP contribution in [0.25, 0.3) is 0 Å². The first-order valence-electron chi connectivity index (χ1n) is 5.33. The SMILES string of the molecule is CC(NS(=O)(=O)c1ccc(C(C)O)cc1)C(N)=O. The molecule has 1 aromatic rings. The number of aliphatic hydroxyl groups is 1. The fourth-order valence-electron chi connectivity index (χ4n) is 1.28. The Hall–Kier alpha value is -1.44. The van der Waals surface area contributed by atoms with Crippen LogP contribution < -0.4 is 10.5 Å². The van der Waals surface area contributed by atoms with Gasteiger partial charge in [0.1, 0.15) is 0 Å². The van der Waals surface area contributed by atoms with E-state index >= 15 is 0 Å². The molecule has 0 spiro atoms. The van der Waals surface area contributed by atoms with Gasteiger partial charge in [0.2, 0.25) is 15.9 Å². The third kappa shape index (κ3) is 3.52. The molecular formula is C11H16N2O4S. The molecule has 100 valence electrons. The lowest BCUT2D eigenvalue weighted by molar-refractivity contribution is -0.119. The average Bonchev–Trinajstić information content (AvgIpc) is 2.28. The van der Waals surface area contributed by atoms with Crippen molar-refractivity contribution in [2.24, 2.45) is 5.73 Å². The van der Waals surface area contributed by atoms with Crippen molar-refractivity contribution in [1.82, 2.24) is 4.72 Å². The monoisotopic (exact) mass is 272 g/mol. The molecule has 1 amide bonds. The van der Waals surface area contributed by atoms with Crippen LogP contribution in [0.3, 0.4) is 0 Å². The number of sulfonamides is 1. The molecule has 0 heterocycles. The number of hydrogen-bond acceptors (Lipinski definition) is 4. The molecule has 0 aromatic heterocycles. The van der Waals surface area contributed by atoms with Gasteiger partial charge >= 0.3 is 0 Å². The van der Waals surface area contributed by atoms with Crippen LogP contribution in [0.4, 0.5) is 0 Å². The molecule has 0 fully saturated rings. The second kappa shape index (κ2) is 5.47. The number of nitrogens with one attached hydrogen (secondary N) is 1. The van der Waals surface area contributed by atoms with Gasteiger partial charge in [0.15, 0.2) is 0 Å². The Morgan fingerprint density at radius 3 is 2.17 bits per heavy atom. The number of rotatable bonds is 5. The summed E-state index contributed by atoms with van der Waals surface area (Å²) in [6, 6.07) is 4.75. The van der Waals surface area contributed by atoms with Gasteiger partial charge in [-0.2, -0.15) is 4.72 Å². The summed E-state index contributed by atoms with van der Waals surface area (Å²) in [7, 11) is -3.78. The summed E-state index contributed by atoms with van der Waals surface area (Å²) in [5.74, 6) is -0.751. The number of carbonyl (C=O) groups is 1. The number of carbonyl (C=O) groups excluding carboxylic acids is 1. The second-order valence-corrected chi connectivity index (χ2v) is 5.70. The van der Waals surface area contributed by atoms with Crippen LogP contribution in [0.2, 0.25) is 0 Å². The summed E-state index contributed by atoms with van der Waals surface area (Å²) < 4.78 is 25.8. The van der Waals surface area contributed by atoms with Crippen LogP contribution in [0.1, 0.15) is 25.5 Å². The first-order chi connectivity index (χ1) is 8.24. The van der Waals surface area contributed by atoms with E-state index in [-0.39, 0.29) is 4.90 Å². The Labute approximate surface area is 106 Å². The van der Waals surface area contributed by atoms with Gasteiger partial charge in [-0.1, -0.05) is 12.1 Å². The Morgan fingerprint density at radius 1 is 1.28 bits per heavy atom. The number of hydrogen-bond donors (Lipinski definition) is 3. The van der Waals surface area contributed by atoms with Crippen LogP contribution in [0, 0.1) is 0 Å². The van der Waals surface area contributed by atoms with E-state index in [0.29, 0.717) is 5.56 Å². The third-order valence-corrected chi connectivity index (χ3v) is 3.99. The maximum absolute atomic E-state index is 11.8. The molecular weight excluding hydrogens is 256 g/mol. The van der Waals surface area contributed by atoms with Crippen molar-refractivity contribution >= 4 is 15.9 Å². The van der Waals surface area contributed by atoms with Crippen LogP contribution in [-0.4, -0.2) is 25.5 Å². The lowest BCUT2D eigenvalue weighted by atomic mass is 10.1. The van der Waals surface area contributed by atoms with E-state index in [4.69, 9.17) is 5.73 Å². The predicted octanol–water partition coefficient (Wildman–Crippen LogP) is -0.108. The normalized spacial score (nSPS) is 15.1.